The number of rotatable bonds is 5. The zero-order valence-corrected chi connectivity index (χ0v) is 20.4. The Balaban J connectivity index is 0.000000273. The Labute approximate surface area is 205 Å². The maximum atomic E-state index is 11.5. The molecule has 186 valence electrons. The van der Waals surface area contributed by atoms with Crippen LogP contribution in [0.5, 0.6) is 0 Å². The van der Waals surface area contributed by atoms with Gasteiger partial charge in [-0.15, -0.1) is 0 Å². The third-order valence-corrected chi connectivity index (χ3v) is 4.50. The van der Waals surface area contributed by atoms with E-state index in [1.165, 1.54) is 0 Å². The number of halogens is 1. The number of nitrogens with one attached hydrogen (secondary N) is 2. The minimum atomic E-state index is -0.0395. The number of carbonyl (C=O) groups excluding carboxylic acids is 3. The van der Waals surface area contributed by atoms with Crippen molar-refractivity contribution in [2.24, 2.45) is 0 Å². The number of ether oxygens (including phenoxy) is 3. The fourth-order valence-corrected chi connectivity index (χ4v) is 2.76. The largest absolute Gasteiger partial charge is 0.370 e. The summed E-state index contributed by atoms with van der Waals surface area (Å²) in [5.41, 5.74) is 2.28. The van der Waals surface area contributed by atoms with Crippen molar-refractivity contribution in [2.45, 2.75) is 26.9 Å². The molecule has 0 radical (unpaired) electrons. The molecule has 3 amide bonds. The maximum absolute atomic E-state index is 11.5. The number of nitrogens with zero attached hydrogens (tertiary/aromatic N) is 1. The molecule has 2 saturated heterocycles. The van der Waals surface area contributed by atoms with Crippen LogP contribution < -0.4 is 15.5 Å². The Bertz CT molecular complexity index is 843. The monoisotopic (exact) mass is 493 g/mol. The number of amides is 3. The van der Waals surface area contributed by atoms with Gasteiger partial charge in [-0.2, -0.15) is 0 Å². The van der Waals surface area contributed by atoms with Gasteiger partial charge in [-0.1, -0.05) is 25.4 Å². The summed E-state index contributed by atoms with van der Waals surface area (Å²) in [6.45, 7) is 8.50. The first-order valence-electron chi connectivity index (χ1n) is 10.9. The number of hydrogen-bond acceptors (Lipinski definition) is 6. The average molecular weight is 494 g/mol. The molecule has 2 aliphatic heterocycles. The molecule has 2 aromatic rings. The molecule has 2 fully saturated rings. The van der Waals surface area contributed by atoms with E-state index in [2.05, 4.69) is 10.6 Å². The van der Waals surface area contributed by atoms with Crippen molar-refractivity contribution >= 4 is 47.4 Å². The fourth-order valence-electron chi connectivity index (χ4n) is 2.64. The smallest absolute Gasteiger partial charge is 0.253 e. The molecule has 1 atom stereocenters. The first-order valence-corrected chi connectivity index (χ1v) is 11.2. The normalized spacial score (nSPS) is 16.4. The number of hydrogen-bond donors (Lipinski definition) is 2. The standard InChI is InChI=1S/C11H12N2O3.C7H6ClNO.C4H8O2.C2H6/c14-8-12-9-1-3-10(4-2-9)13-5-6-16-7-11(13)15;8-6-1-3-7(4-2-6)9-5-10;1-4-2-5-3-6-4;1-2/h1-4,8H,5-7H2,(H,12,14);1-5H,(H,9,10);4H,2-3H2,1H3;1-2H3. The molecule has 0 aliphatic carbocycles. The van der Waals surface area contributed by atoms with Crippen LogP contribution in [0.4, 0.5) is 17.1 Å². The Morgan fingerprint density at radius 2 is 1.50 bits per heavy atom. The molecule has 2 aliphatic rings. The molecular formula is C24H32ClN3O6. The third-order valence-electron chi connectivity index (χ3n) is 4.25. The van der Waals surface area contributed by atoms with E-state index in [-0.39, 0.29) is 12.5 Å². The SMILES string of the molecule is CC.CC1COCO1.O=CNc1ccc(Cl)cc1.O=CNc1ccc(N2CCOCC2=O)cc1. The second kappa shape index (κ2) is 17.5. The van der Waals surface area contributed by atoms with Gasteiger partial charge in [0, 0.05) is 28.6 Å². The Hall–Kier alpha value is -2.98. The summed E-state index contributed by atoms with van der Waals surface area (Å²) >= 11 is 5.60. The summed E-state index contributed by atoms with van der Waals surface area (Å²) in [6, 6.07) is 14.0. The van der Waals surface area contributed by atoms with Gasteiger partial charge in [-0.3, -0.25) is 14.4 Å². The molecule has 2 heterocycles. The van der Waals surface area contributed by atoms with Crippen LogP contribution in [0.1, 0.15) is 20.8 Å². The van der Waals surface area contributed by atoms with Crippen molar-refractivity contribution in [3.8, 4) is 0 Å². The Morgan fingerprint density at radius 1 is 0.941 bits per heavy atom. The van der Waals surface area contributed by atoms with Crippen molar-refractivity contribution in [1.29, 1.82) is 0 Å². The number of anilines is 3. The highest BCUT2D eigenvalue weighted by molar-refractivity contribution is 6.30. The summed E-state index contributed by atoms with van der Waals surface area (Å²) in [4.78, 5) is 33.3. The van der Waals surface area contributed by atoms with Crippen molar-refractivity contribution in [1.82, 2.24) is 0 Å². The highest BCUT2D eigenvalue weighted by atomic mass is 35.5. The predicted molar refractivity (Wildman–Crippen MR) is 133 cm³/mol. The van der Waals surface area contributed by atoms with E-state index in [9.17, 15) is 14.4 Å². The van der Waals surface area contributed by atoms with Crippen LogP contribution in [0.2, 0.25) is 5.02 Å². The van der Waals surface area contributed by atoms with Crippen molar-refractivity contribution in [3.05, 3.63) is 53.6 Å². The van der Waals surface area contributed by atoms with Gasteiger partial charge in [0.1, 0.15) is 13.4 Å². The van der Waals surface area contributed by atoms with E-state index >= 15 is 0 Å². The molecule has 10 heteroatoms. The highest BCUT2D eigenvalue weighted by Gasteiger charge is 2.19. The zero-order chi connectivity index (χ0) is 25.2. The van der Waals surface area contributed by atoms with E-state index in [1.54, 1.807) is 53.4 Å². The van der Waals surface area contributed by atoms with Gasteiger partial charge < -0.3 is 29.7 Å². The van der Waals surface area contributed by atoms with E-state index in [0.29, 0.717) is 49.6 Å². The van der Waals surface area contributed by atoms with Gasteiger partial charge >= 0.3 is 0 Å². The molecule has 0 aromatic heterocycles. The van der Waals surface area contributed by atoms with E-state index < -0.39 is 0 Å². The van der Waals surface area contributed by atoms with Gasteiger partial charge in [-0.05, 0) is 55.5 Å². The minimum absolute atomic E-state index is 0.0395. The Kier molecular flexibility index (Phi) is 14.9. The van der Waals surface area contributed by atoms with Gasteiger partial charge in [0.05, 0.1) is 19.3 Å². The predicted octanol–water partition coefficient (Wildman–Crippen LogP) is 3.93. The number of benzene rings is 2. The molecule has 34 heavy (non-hydrogen) atoms. The molecule has 9 nitrogen and oxygen atoms in total. The lowest BCUT2D eigenvalue weighted by molar-refractivity contribution is -0.125. The molecule has 1 unspecified atom stereocenters. The first-order chi connectivity index (χ1) is 16.5. The highest BCUT2D eigenvalue weighted by Crippen LogP contribution is 2.19. The second-order valence-electron chi connectivity index (χ2n) is 6.64. The van der Waals surface area contributed by atoms with Crippen LogP contribution in [-0.4, -0.2) is 58.0 Å². The summed E-state index contributed by atoms with van der Waals surface area (Å²) in [6.07, 6.45) is 1.57. The fraction of sp³-hybridized carbons (Fsp3) is 0.375. The maximum Gasteiger partial charge on any atom is 0.253 e. The second-order valence-corrected chi connectivity index (χ2v) is 7.08. The summed E-state index contributed by atoms with van der Waals surface area (Å²) in [7, 11) is 0. The molecule has 0 spiro atoms. The lowest BCUT2D eigenvalue weighted by Crippen LogP contribution is -2.41. The third kappa shape index (κ3) is 11.2. The molecule has 2 aromatic carbocycles. The molecule has 4 rings (SSSR count). The van der Waals surface area contributed by atoms with Crippen LogP contribution in [0.15, 0.2) is 48.5 Å². The van der Waals surface area contributed by atoms with Crippen LogP contribution >= 0.6 is 11.6 Å². The summed E-state index contributed by atoms with van der Waals surface area (Å²) < 4.78 is 14.8. The average Bonchev–Trinajstić information content (AvgIpc) is 3.35. The van der Waals surface area contributed by atoms with Gasteiger partial charge in [0.15, 0.2) is 0 Å². The Morgan fingerprint density at radius 3 is 1.91 bits per heavy atom. The van der Waals surface area contributed by atoms with Crippen molar-refractivity contribution in [3.63, 3.8) is 0 Å². The summed E-state index contributed by atoms with van der Waals surface area (Å²) in [5.74, 6) is -0.0395. The van der Waals surface area contributed by atoms with Gasteiger partial charge in [0.2, 0.25) is 12.8 Å². The molecule has 0 bridgehead atoms. The van der Waals surface area contributed by atoms with Crippen LogP contribution in [0.3, 0.4) is 0 Å². The minimum Gasteiger partial charge on any atom is -0.370 e. The van der Waals surface area contributed by atoms with E-state index in [0.717, 1.165) is 18.0 Å². The number of carbonyl (C=O) groups is 3. The van der Waals surface area contributed by atoms with E-state index in [1.807, 2.05) is 20.8 Å². The lowest BCUT2D eigenvalue weighted by atomic mass is 10.2. The topological polar surface area (TPSA) is 106 Å². The van der Waals surface area contributed by atoms with Crippen LogP contribution in [0.25, 0.3) is 0 Å². The summed E-state index contributed by atoms with van der Waals surface area (Å²) in [5, 5.41) is 5.70. The first kappa shape index (κ1) is 29.1. The molecule has 0 saturated carbocycles. The molecular weight excluding hydrogens is 462 g/mol. The van der Waals surface area contributed by atoms with Crippen molar-refractivity contribution in [2.75, 3.05) is 48.7 Å². The van der Waals surface area contributed by atoms with Crippen molar-refractivity contribution < 1.29 is 28.6 Å². The van der Waals surface area contributed by atoms with Gasteiger partial charge in [0.25, 0.3) is 5.91 Å². The van der Waals surface area contributed by atoms with Crippen LogP contribution in [-0.2, 0) is 28.6 Å². The molecule has 2 N–H and O–H groups in total. The number of morpholine rings is 1. The van der Waals surface area contributed by atoms with Crippen LogP contribution in [0, 0.1) is 0 Å². The van der Waals surface area contributed by atoms with Gasteiger partial charge in [-0.25, -0.2) is 0 Å². The quantitative estimate of drug-likeness (QED) is 0.611. The lowest BCUT2D eigenvalue weighted by Gasteiger charge is -2.26. The zero-order valence-electron chi connectivity index (χ0n) is 19.7. The van der Waals surface area contributed by atoms with E-state index in [4.69, 9.17) is 25.8 Å².